The van der Waals surface area contributed by atoms with Gasteiger partial charge in [-0.25, -0.2) is 18.1 Å². The van der Waals surface area contributed by atoms with Gasteiger partial charge >= 0.3 is 0 Å². The molecule has 7 nitrogen and oxygen atoms in total. The fourth-order valence-corrected chi connectivity index (χ4v) is 4.70. The zero-order valence-corrected chi connectivity index (χ0v) is 18.6. The second-order valence-corrected chi connectivity index (χ2v) is 9.24. The number of amides is 1. The lowest BCUT2D eigenvalue weighted by atomic mass is 9.97. The summed E-state index contributed by atoms with van der Waals surface area (Å²) in [4.78, 5) is 20.7. The average Bonchev–Trinajstić information content (AvgIpc) is 3.26. The summed E-state index contributed by atoms with van der Waals surface area (Å²) in [5.41, 5.74) is 4.50. The third kappa shape index (κ3) is 4.42. The van der Waals surface area contributed by atoms with E-state index >= 15 is 0 Å². The summed E-state index contributed by atoms with van der Waals surface area (Å²) in [6.07, 6.45) is 1.63. The van der Waals surface area contributed by atoms with Crippen LogP contribution in [0.4, 0.5) is 0 Å². The van der Waals surface area contributed by atoms with E-state index in [0.717, 1.165) is 22.2 Å². The van der Waals surface area contributed by atoms with Gasteiger partial charge in [0.15, 0.2) is 0 Å². The van der Waals surface area contributed by atoms with Crippen molar-refractivity contribution in [2.75, 3.05) is 6.54 Å². The summed E-state index contributed by atoms with van der Waals surface area (Å²) in [7, 11) is -3.67. The smallest absolute Gasteiger partial charge is 0.252 e. The fourth-order valence-electron chi connectivity index (χ4n) is 3.63. The minimum Gasteiger partial charge on any atom is -0.345 e. The van der Waals surface area contributed by atoms with Crippen molar-refractivity contribution in [3.63, 3.8) is 0 Å². The van der Waals surface area contributed by atoms with Gasteiger partial charge < -0.3 is 10.3 Å². The highest BCUT2D eigenvalue weighted by Crippen LogP contribution is 2.26. The molecule has 0 bridgehead atoms. The lowest BCUT2D eigenvalue weighted by Gasteiger charge is -2.21. The molecule has 1 aromatic heterocycles. The molecule has 0 fully saturated rings. The van der Waals surface area contributed by atoms with Crippen LogP contribution in [0.25, 0.3) is 11.0 Å². The number of aryl methyl sites for hydroxylation is 1. The van der Waals surface area contributed by atoms with E-state index < -0.39 is 16.1 Å². The molecule has 1 heterocycles. The number of carbonyl (C=O) groups is 1. The minimum atomic E-state index is -3.67. The molecule has 8 heteroatoms. The molecule has 4 aromatic rings. The Balaban J connectivity index is 1.72. The highest BCUT2D eigenvalue weighted by molar-refractivity contribution is 7.89. The van der Waals surface area contributed by atoms with Crippen LogP contribution in [0.1, 0.15) is 40.0 Å². The third-order valence-electron chi connectivity index (χ3n) is 5.28. The minimum absolute atomic E-state index is 0.0604. The van der Waals surface area contributed by atoms with Gasteiger partial charge in [0.1, 0.15) is 0 Å². The molecule has 0 aliphatic rings. The van der Waals surface area contributed by atoms with E-state index in [9.17, 15) is 13.2 Å². The highest BCUT2D eigenvalue weighted by atomic mass is 32.2. The molecule has 0 saturated carbocycles. The standard InChI is InChI=1S/C24H24N4O3S/c1-3-27-32(30,31)19-11-9-16(2)20(14-19)24(29)28-23(17-7-5-4-6-8-17)18-10-12-21-22(13-18)26-15-25-21/h4-15,23,27H,3H2,1-2H3,(H,25,26)(H,28,29). The summed E-state index contributed by atoms with van der Waals surface area (Å²) < 4.78 is 27.3. The maximum atomic E-state index is 13.3. The molecule has 3 N–H and O–H groups in total. The number of benzene rings is 3. The van der Waals surface area contributed by atoms with E-state index in [1.165, 1.54) is 12.1 Å². The Morgan fingerprint density at radius 1 is 1.03 bits per heavy atom. The molecular weight excluding hydrogens is 424 g/mol. The first-order valence-corrected chi connectivity index (χ1v) is 11.8. The van der Waals surface area contributed by atoms with Crippen molar-refractivity contribution < 1.29 is 13.2 Å². The molecular formula is C24H24N4O3S. The van der Waals surface area contributed by atoms with Crippen LogP contribution in [0.2, 0.25) is 0 Å². The number of hydrogen-bond acceptors (Lipinski definition) is 4. The number of nitrogens with zero attached hydrogens (tertiary/aromatic N) is 1. The molecule has 0 aliphatic carbocycles. The summed E-state index contributed by atoms with van der Waals surface area (Å²) in [6, 6.07) is 19.6. The molecule has 0 saturated heterocycles. The summed E-state index contributed by atoms with van der Waals surface area (Å²) >= 11 is 0. The zero-order chi connectivity index (χ0) is 22.7. The maximum Gasteiger partial charge on any atom is 0.252 e. The van der Waals surface area contributed by atoms with Crippen molar-refractivity contribution in [1.82, 2.24) is 20.0 Å². The van der Waals surface area contributed by atoms with Crippen molar-refractivity contribution in [3.8, 4) is 0 Å². The second kappa shape index (κ2) is 8.94. The van der Waals surface area contributed by atoms with Crippen LogP contribution in [0.15, 0.2) is 78.0 Å². The second-order valence-electron chi connectivity index (χ2n) is 7.47. The first kappa shape index (κ1) is 21.7. The molecule has 3 aromatic carbocycles. The van der Waals surface area contributed by atoms with Crippen molar-refractivity contribution >= 4 is 27.0 Å². The Morgan fingerprint density at radius 3 is 2.56 bits per heavy atom. The van der Waals surface area contributed by atoms with Crippen LogP contribution in [0.5, 0.6) is 0 Å². The normalized spacial score (nSPS) is 12.6. The van der Waals surface area contributed by atoms with Gasteiger partial charge in [-0.3, -0.25) is 4.79 Å². The number of aromatic amines is 1. The molecule has 1 atom stereocenters. The van der Waals surface area contributed by atoms with Crippen molar-refractivity contribution in [3.05, 3.63) is 95.3 Å². The Morgan fingerprint density at radius 2 is 1.81 bits per heavy atom. The molecule has 1 amide bonds. The Hall–Kier alpha value is -3.49. The van der Waals surface area contributed by atoms with Gasteiger partial charge in [0, 0.05) is 12.1 Å². The first-order valence-electron chi connectivity index (χ1n) is 10.3. The number of H-pyrrole nitrogens is 1. The Kier molecular flexibility index (Phi) is 6.07. The van der Waals surface area contributed by atoms with Gasteiger partial charge in [-0.05, 0) is 47.9 Å². The summed E-state index contributed by atoms with van der Waals surface area (Å²) in [5.74, 6) is -0.352. The number of hydrogen-bond donors (Lipinski definition) is 3. The first-order chi connectivity index (χ1) is 15.4. The monoisotopic (exact) mass is 448 g/mol. The fraction of sp³-hybridized carbons (Fsp3) is 0.167. The highest BCUT2D eigenvalue weighted by Gasteiger charge is 2.22. The number of sulfonamides is 1. The lowest BCUT2D eigenvalue weighted by molar-refractivity contribution is 0.0942. The molecule has 1 unspecified atom stereocenters. The van der Waals surface area contributed by atoms with Crippen LogP contribution in [0.3, 0.4) is 0 Å². The number of nitrogens with one attached hydrogen (secondary N) is 3. The third-order valence-corrected chi connectivity index (χ3v) is 6.83. The Labute approximate surface area is 187 Å². The van der Waals surface area contributed by atoms with E-state index in [1.54, 1.807) is 26.2 Å². The predicted octanol–water partition coefficient (Wildman–Crippen LogP) is 3.69. The molecule has 0 radical (unpaired) electrons. The zero-order valence-electron chi connectivity index (χ0n) is 17.8. The van der Waals surface area contributed by atoms with Crippen LogP contribution >= 0.6 is 0 Å². The number of aromatic nitrogens is 2. The molecule has 0 aliphatic heterocycles. The van der Waals surface area contributed by atoms with E-state index in [0.29, 0.717) is 11.1 Å². The van der Waals surface area contributed by atoms with E-state index in [2.05, 4.69) is 20.0 Å². The maximum absolute atomic E-state index is 13.3. The molecule has 4 rings (SSSR count). The van der Waals surface area contributed by atoms with E-state index in [-0.39, 0.29) is 17.3 Å². The number of rotatable bonds is 7. The topological polar surface area (TPSA) is 104 Å². The van der Waals surface area contributed by atoms with Crippen LogP contribution in [-0.2, 0) is 10.0 Å². The quantitative estimate of drug-likeness (QED) is 0.401. The van der Waals surface area contributed by atoms with Crippen LogP contribution in [-0.4, -0.2) is 30.8 Å². The predicted molar refractivity (Wildman–Crippen MR) is 124 cm³/mol. The van der Waals surface area contributed by atoms with Gasteiger partial charge in [-0.2, -0.15) is 0 Å². The average molecular weight is 449 g/mol. The lowest BCUT2D eigenvalue weighted by Crippen LogP contribution is -2.30. The largest absolute Gasteiger partial charge is 0.345 e. The summed E-state index contributed by atoms with van der Waals surface area (Å²) in [6.45, 7) is 3.76. The SMILES string of the molecule is CCNS(=O)(=O)c1ccc(C)c(C(=O)NC(c2ccccc2)c2ccc3nc[nH]c3c2)c1. The van der Waals surface area contributed by atoms with Gasteiger partial charge in [0.25, 0.3) is 5.91 Å². The molecule has 164 valence electrons. The van der Waals surface area contributed by atoms with Crippen LogP contribution < -0.4 is 10.0 Å². The van der Waals surface area contributed by atoms with Gasteiger partial charge in [-0.15, -0.1) is 0 Å². The number of carbonyl (C=O) groups excluding carboxylic acids is 1. The molecule has 0 spiro atoms. The van der Waals surface area contributed by atoms with Crippen LogP contribution in [0, 0.1) is 6.92 Å². The number of fused-ring (bicyclic) bond motifs is 1. The van der Waals surface area contributed by atoms with E-state index in [4.69, 9.17) is 0 Å². The van der Waals surface area contributed by atoms with Crippen molar-refractivity contribution in [2.45, 2.75) is 24.8 Å². The van der Waals surface area contributed by atoms with Crippen molar-refractivity contribution in [1.29, 1.82) is 0 Å². The van der Waals surface area contributed by atoms with Gasteiger partial charge in [0.05, 0.1) is 28.3 Å². The van der Waals surface area contributed by atoms with Crippen molar-refractivity contribution in [2.24, 2.45) is 0 Å². The van der Waals surface area contributed by atoms with E-state index in [1.807, 2.05) is 48.5 Å². The van der Waals surface area contributed by atoms with Gasteiger partial charge in [0.2, 0.25) is 10.0 Å². The summed E-state index contributed by atoms with van der Waals surface area (Å²) in [5, 5.41) is 3.09. The van der Waals surface area contributed by atoms with Gasteiger partial charge in [-0.1, -0.05) is 49.4 Å². The molecule has 32 heavy (non-hydrogen) atoms. The Bertz CT molecular complexity index is 1360. The number of imidazole rings is 1.